The minimum absolute atomic E-state index is 0.217. The van der Waals surface area contributed by atoms with Crippen LogP contribution < -0.4 is 10.4 Å². The molecule has 34 heavy (non-hydrogen) atoms. The molecule has 1 N–H and O–H groups in total. The van der Waals surface area contributed by atoms with E-state index in [1.807, 2.05) is 36.4 Å². The molecule has 7 heteroatoms. The zero-order valence-electron chi connectivity index (χ0n) is 19.5. The summed E-state index contributed by atoms with van der Waals surface area (Å²) in [4.78, 5) is 13.5. The number of hydrogen-bond donors (Lipinski definition) is 1. The lowest BCUT2D eigenvalue weighted by Crippen LogP contribution is -2.67. The van der Waals surface area contributed by atoms with Crippen LogP contribution in [-0.4, -0.2) is 37.1 Å². The van der Waals surface area contributed by atoms with Gasteiger partial charge in [0.25, 0.3) is 8.32 Å². The highest BCUT2D eigenvalue weighted by atomic mass is 79.9. The Labute approximate surface area is 209 Å². The molecule has 4 nitrogen and oxygen atoms in total. The molecule has 0 radical (unpaired) electrons. The van der Waals surface area contributed by atoms with E-state index in [2.05, 4.69) is 61.0 Å². The third kappa shape index (κ3) is 4.56. The number of carboxylic acid groups (broad SMARTS) is 1. The van der Waals surface area contributed by atoms with E-state index in [1.165, 1.54) is 11.0 Å². The minimum Gasteiger partial charge on any atom is -0.465 e. The summed E-state index contributed by atoms with van der Waals surface area (Å²) in [7, 11) is -2.83. The maximum absolute atomic E-state index is 14.3. The summed E-state index contributed by atoms with van der Waals surface area (Å²) in [5, 5.41) is 12.0. The predicted molar refractivity (Wildman–Crippen MR) is 139 cm³/mol. The van der Waals surface area contributed by atoms with E-state index in [4.69, 9.17) is 4.43 Å². The normalized spacial score (nSPS) is 18.8. The Bertz CT molecular complexity index is 1110. The topological polar surface area (TPSA) is 49.8 Å². The molecule has 0 unspecified atom stereocenters. The number of hydrogen-bond acceptors (Lipinski definition) is 2. The first-order valence-electron chi connectivity index (χ1n) is 11.4. The van der Waals surface area contributed by atoms with Gasteiger partial charge in [-0.3, -0.25) is 4.90 Å². The lowest BCUT2D eigenvalue weighted by Gasteiger charge is -2.44. The number of amides is 1. The largest absolute Gasteiger partial charge is 0.465 e. The van der Waals surface area contributed by atoms with Gasteiger partial charge in [-0.1, -0.05) is 87.5 Å². The highest BCUT2D eigenvalue weighted by Crippen LogP contribution is 2.41. The van der Waals surface area contributed by atoms with Crippen LogP contribution in [0, 0.1) is 5.82 Å². The van der Waals surface area contributed by atoms with Gasteiger partial charge in [0.2, 0.25) is 0 Å². The van der Waals surface area contributed by atoms with Crippen LogP contribution in [0.5, 0.6) is 0 Å². The van der Waals surface area contributed by atoms with Gasteiger partial charge in [-0.15, -0.1) is 0 Å². The van der Waals surface area contributed by atoms with Gasteiger partial charge < -0.3 is 9.53 Å². The molecular formula is C27H29BrFNO3Si. The van der Waals surface area contributed by atoms with E-state index in [1.54, 1.807) is 12.1 Å². The lowest BCUT2D eigenvalue weighted by atomic mass is 10.0. The third-order valence-electron chi connectivity index (χ3n) is 6.60. The summed E-state index contributed by atoms with van der Waals surface area (Å²) in [6.45, 7) is 6.84. The third-order valence-corrected chi connectivity index (χ3v) is 12.3. The van der Waals surface area contributed by atoms with Crippen LogP contribution in [0.25, 0.3) is 0 Å². The lowest BCUT2D eigenvalue weighted by molar-refractivity contribution is 0.133. The zero-order chi connectivity index (χ0) is 24.5. The summed E-state index contributed by atoms with van der Waals surface area (Å²) in [6.07, 6.45) is -0.876. The van der Waals surface area contributed by atoms with Gasteiger partial charge in [0, 0.05) is 6.54 Å². The minimum atomic E-state index is -2.83. The van der Waals surface area contributed by atoms with Crippen LogP contribution in [-0.2, 0) is 4.43 Å². The van der Waals surface area contributed by atoms with Crippen molar-refractivity contribution in [3.63, 3.8) is 0 Å². The fraction of sp³-hybridized carbons (Fsp3) is 0.296. The van der Waals surface area contributed by atoms with Gasteiger partial charge in [-0.05, 0) is 55.5 Å². The van der Waals surface area contributed by atoms with E-state index < -0.39 is 26.3 Å². The maximum atomic E-state index is 14.3. The molecule has 0 bridgehead atoms. The molecule has 0 spiro atoms. The van der Waals surface area contributed by atoms with Crippen molar-refractivity contribution in [2.75, 3.05) is 6.54 Å². The molecule has 1 fully saturated rings. The first kappa shape index (κ1) is 24.6. The standard InChI is InChI=1S/C27H29BrFNO3Si/c1-27(2,3)34(21-10-6-4-7-11-21,22-12-8-5-9-13-22)33-20-17-25(30(18-20)26(31)32)19-14-15-23(28)24(29)16-19/h4-16,20,25H,17-18H2,1-3H3,(H,31,32)/t20-,25+/m0/s1. The highest BCUT2D eigenvalue weighted by molar-refractivity contribution is 9.10. The second-order valence-electron chi connectivity index (χ2n) is 9.76. The Hall–Kier alpha value is -2.48. The van der Waals surface area contributed by atoms with Crippen molar-refractivity contribution >= 4 is 40.7 Å². The summed E-state index contributed by atoms with van der Waals surface area (Å²) in [5.74, 6) is -0.404. The van der Waals surface area contributed by atoms with Crippen molar-refractivity contribution in [3.8, 4) is 0 Å². The molecule has 1 aliphatic heterocycles. The van der Waals surface area contributed by atoms with E-state index >= 15 is 0 Å². The molecule has 0 aliphatic carbocycles. The fourth-order valence-electron chi connectivity index (χ4n) is 5.07. The molecule has 178 valence electrons. The molecule has 3 aromatic rings. The van der Waals surface area contributed by atoms with Crippen molar-refractivity contribution in [1.82, 2.24) is 4.90 Å². The van der Waals surface area contributed by atoms with Gasteiger partial charge in [0.05, 0.1) is 16.6 Å². The molecule has 1 heterocycles. The van der Waals surface area contributed by atoms with E-state index in [0.29, 0.717) is 16.5 Å². The van der Waals surface area contributed by atoms with Crippen LogP contribution in [0.3, 0.4) is 0 Å². The second-order valence-corrected chi connectivity index (χ2v) is 14.9. The molecule has 3 aromatic carbocycles. The zero-order valence-corrected chi connectivity index (χ0v) is 22.1. The van der Waals surface area contributed by atoms with Crippen LogP contribution >= 0.6 is 15.9 Å². The number of carbonyl (C=O) groups is 1. The predicted octanol–water partition coefficient (Wildman–Crippen LogP) is 5.96. The van der Waals surface area contributed by atoms with E-state index in [-0.39, 0.29) is 17.7 Å². The van der Waals surface area contributed by atoms with Gasteiger partial charge >= 0.3 is 6.09 Å². The SMILES string of the molecule is CC(C)(C)[Si](O[C@H]1C[C@H](c2ccc(Br)c(F)c2)N(C(=O)O)C1)(c1ccccc1)c1ccccc1. The fourth-order valence-corrected chi connectivity index (χ4v) is 10.0. The molecule has 1 amide bonds. The van der Waals surface area contributed by atoms with Crippen LogP contribution in [0.15, 0.2) is 83.3 Å². The summed E-state index contributed by atoms with van der Waals surface area (Å²) in [5.41, 5.74) is 0.636. The Morgan fingerprint density at radius 2 is 1.59 bits per heavy atom. The Morgan fingerprint density at radius 1 is 1.03 bits per heavy atom. The first-order valence-corrected chi connectivity index (χ1v) is 14.1. The number of likely N-dealkylation sites (tertiary alicyclic amines) is 1. The monoisotopic (exact) mass is 541 g/mol. The molecule has 2 atom stereocenters. The van der Waals surface area contributed by atoms with Gasteiger partial charge in [0.15, 0.2) is 0 Å². The molecule has 1 saturated heterocycles. The van der Waals surface area contributed by atoms with Crippen molar-refractivity contribution in [2.24, 2.45) is 0 Å². The van der Waals surface area contributed by atoms with Gasteiger partial charge in [-0.25, -0.2) is 9.18 Å². The number of nitrogens with zero attached hydrogens (tertiary/aromatic N) is 1. The Balaban J connectivity index is 1.77. The maximum Gasteiger partial charge on any atom is 0.407 e. The molecule has 1 aliphatic rings. The van der Waals surface area contributed by atoms with Crippen LogP contribution in [0.2, 0.25) is 5.04 Å². The van der Waals surface area contributed by atoms with Crippen molar-refractivity contribution < 1.29 is 18.7 Å². The van der Waals surface area contributed by atoms with Gasteiger partial charge in [0.1, 0.15) is 5.82 Å². The van der Waals surface area contributed by atoms with Crippen molar-refractivity contribution in [2.45, 2.75) is 44.4 Å². The van der Waals surface area contributed by atoms with E-state index in [0.717, 1.165) is 10.4 Å². The molecule has 4 rings (SSSR count). The van der Waals surface area contributed by atoms with E-state index in [9.17, 15) is 14.3 Å². The molecule has 0 aromatic heterocycles. The Kier molecular flexibility index (Phi) is 6.98. The first-order chi connectivity index (χ1) is 16.1. The highest BCUT2D eigenvalue weighted by Gasteiger charge is 2.53. The number of benzene rings is 3. The molecule has 0 saturated carbocycles. The molecular weight excluding hydrogens is 513 g/mol. The second kappa shape index (κ2) is 9.64. The van der Waals surface area contributed by atoms with Crippen molar-refractivity contribution in [1.29, 1.82) is 0 Å². The van der Waals surface area contributed by atoms with Crippen LogP contribution in [0.4, 0.5) is 9.18 Å². The average molecular weight is 543 g/mol. The summed E-state index contributed by atoms with van der Waals surface area (Å²) >= 11 is 3.18. The number of halogens is 2. The smallest absolute Gasteiger partial charge is 0.407 e. The van der Waals surface area contributed by atoms with Crippen molar-refractivity contribution in [3.05, 3.63) is 94.7 Å². The Morgan fingerprint density at radius 3 is 2.06 bits per heavy atom. The quantitative estimate of drug-likeness (QED) is 0.405. The summed E-state index contributed by atoms with van der Waals surface area (Å²) in [6, 6.07) is 24.9. The number of rotatable bonds is 5. The summed E-state index contributed by atoms with van der Waals surface area (Å²) < 4.78 is 21.8. The average Bonchev–Trinajstić information content (AvgIpc) is 3.24. The van der Waals surface area contributed by atoms with Gasteiger partial charge in [-0.2, -0.15) is 0 Å². The van der Waals surface area contributed by atoms with Crippen LogP contribution in [0.1, 0.15) is 38.8 Å².